The molecular formula is C20H20F2N2O2. The van der Waals surface area contributed by atoms with E-state index in [0.717, 1.165) is 31.4 Å². The number of hydrogen-bond acceptors (Lipinski definition) is 2. The molecule has 26 heavy (non-hydrogen) atoms. The van der Waals surface area contributed by atoms with Gasteiger partial charge in [-0.2, -0.15) is 0 Å². The molecule has 1 heterocycles. The SMILES string of the molecule is O=C(Nc1ccc(F)c(F)c1)C(=O)N1CCC(Cc2ccccc2)CC1. The number of piperidine rings is 1. The topological polar surface area (TPSA) is 49.4 Å². The molecule has 2 aromatic carbocycles. The molecule has 1 aliphatic heterocycles. The van der Waals surface area contributed by atoms with Gasteiger partial charge in [-0.3, -0.25) is 9.59 Å². The Bertz CT molecular complexity index is 788. The van der Waals surface area contributed by atoms with E-state index in [0.29, 0.717) is 19.0 Å². The highest BCUT2D eigenvalue weighted by molar-refractivity contribution is 6.39. The molecule has 0 aromatic heterocycles. The van der Waals surface area contributed by atoms with Gasteiger partial charge in [-0.15, -0.1) is 0 Å². The second-order valence-electron chi connectivity index (χ2n) is 6.51. The van der Waals surface area contributed by atoms with Crippen LogP contribution in [0.4, 0.5) is 14.5 Å². The van der Waals surface area contributed by atoms with Crippen LogP contribution in [0.25, 0.3) is 0 Å². The summed E-state index contributed by atoms with van der Waals surface area (Å²) in [7, 11) is 0. The summed E-state index contributed by atoms with van der Waals surface area (Å²) in [6.45, 7) is 1.03. The third-order valence-electron chi connectivity index (χ3n) is 4.64. The van der Waals surface area contributed by atoms with Crippen LogP contribution in [0.15, 0.2) is 48.5 Å². The van der Waals surface area contributed by atoms with Crippen LogP contribution in [0.1, 0.15) is 18.4 Å². The van der Waals surface area contributed by atoms with Gasteiger partial charge in [0.15, 0.2) is 11.6 Å². The van der Waals surface area contributed by atoms with Crippen molar-refractivity contribution in [2.75, 3.05) is 18.4 Å². The molecule has 0 bridgehead atoms. The van der Waals surface area contributed by atoms with Crippen molar-refractivity contribution in [3.8, 4) is 0 Å². The minimum absolute atomic E-state index is 0.0567. The summed E-state index contributed by atoms with van der Waals surface area (Å²) in [5.41, 5.74) is 1.33. The van der Waals surface area contributed by atoms with E-state index in [1.807, 2.05) is 18.2 Å². The van der Waals surface area contributed by atoms with Crippen LogP contribution in [-0.2, 0) is 16.0 Å². The second kappa shape index (κ2) is 8.08. The molecule has 2 amide bonds. The van der Waals surface area contributed by atoms with Crippen LogP contribution >= 0.6 is 0 Å². The first-order valence-corrected chi connectivity index (χ1v) is 8.62. The van der Waals surface area contributed by atoms with Crippen LogP contribution in [0.5, 0.6) is 0 Å². The highest BCUT2D eigenvalue weighted by Gasteiger charge is 2.27. The molecular weight excluding hydrogens is 338 g/mol. The Kier molecular flexibility index (Phi) is 5.61. The molecule has 0 atom stereocenters. The smallest absolute Gasteiger partial charge is 0.313 e. The highest BCUT2D eigenvalue weighted by atomic mass is 19.2. The molecule has 1 N–H and O–H groups in total. The van der Waals surface area contributed by atoms with Gasteiger partial charge in [0.05, 0.1) is 0 Å². The molecule has 0 saturated carbocycles. The molecule has 2 aromatic rings. The maximum Gasteiger partial charge on any atom is 0.313 e. The van der Waals surface area contributed by atoms with E-state index in [1.165, 1.54) is 16.5 Å². The number of nitrogens with zero attached hydrogens (tertiary/aromatic N) is 1. The lowest BCUT2D eigenvalue weighted by atomic mass is 9.90. The average Bonchev–Trinajstić information content (AvgIpc) is 2.65. The van der Waals surface area contributed by atoms with E-state index >= 15 is 0 Å². The van der Waals surface area contributed by atoms with E-state index in [2.05, 4.69) is 17.4 Å². The Labute approximate surface area is 150 Å². The van der Waals surface area contributed by atoms with Crippen molar-refractivity contribution in [2.45, 2.75) is 19.3 Å². The van der Waals surface area contributed by atoms with Gasteiger partial charge < -0.3 is 10.2 Å². The van der Waals surface area contributed by atoms with Crippen molar-refractivity contribution in [1.29, 1.82) is 0 Å². The predicted octanol–water partition coefficient (Wildman–Crippen LogP) is 3.38. The van der Waals surface area contributed by atoms with Gasteiger partial charge in [0.2, 0.25) is 0 Å². The van der Waals surface area contributed by atoms with Crippen molar-refractivity contribution < 1.29 is 18.4 Å². The molecule has 0 radical (unpaired) electrons. The van der Waals surface area contributed by atoms with Gasteiger partial charge in [0.1, 0.15) is 0 Å². The van der Waals surface area contributed by atoms with Crippen LogP contribution in [0, 0.1) is 17.6 Å². The van der Waals surface area contributed by atoms with Gasteiger partial charge in [-0.25, -0.2) is 8.78 Å². The van der Waals surface area contributed by atoms with Crippen LogP contribution in [-0.4, -0.2) is 29.8 Å². The number of hydrogen-bond donors (Lipinski definition) is 1. The fourth-order valence-electron chi connectivity index (χ4n) is 3.19. The van der Waals surface area contributed by atoms with E-state index < -0.39 is 23.4 Å². The lowest BCUT2D eigenvalue weighted by Gasteiger charge is -2.31. The summed E-state index contributed by atoms with van der Waals surface area (Å²) >= 11 is 0. The highest BCUT2D eigenvalue weighted by Crippen LogP contribution is 2.22. The Morgan fingerprint density at radius 2 is 1.69 bits per heavy atom. The normalized spacial score (nSPS) is 14.9. The predicted molar refractivity (Wildman–Crippen MR) is 94.4 cm³/mol. The lowest BCUT2D eigenvalue weighted by molar-refractivity contribution is -0.144. The maximum absolute atomic E-state index is 13.2. The van der Waals surface area contributed by atoms with E-state index in [1.54, 1.807) is 0 Å². The number of carbonyl (C=O) groups is 2. The van der Waals surface area contributed by atoms with Crippen LogP contribution < -0.4 is 5.32 Å². The van der Waals surface area contributed by atoms with E-state index in [-0.39, 0.29) is 5.69 Å². The lowest BCUT2D eigenvalue weighted by Crippen LogP contribution is -2.44. The van der Waals surface area contributed by atoms with Gasteiger partial charge in [0, 0.05) is 24.8 Å². The van der Waals surface area contributed by atoms with Crippen molar-refractivity contribution in [2.24, 2.45) is 5.92 Å². The molecule has 6 heteroatoms. The number of rotatable bonds is 3. The zero-order chi connectivity index (χ0) is 18.5. The van der Waals surface area contributed by atoms with E-state index in [4.69, 9.17) is 0 Å². The third-order valence-corrected chi connectivity index (χ3v) is 4.64. The molecule has 0 spiro atoms. The Morgan fingerprint density at radius 3 is 2.35 bits per heavy atom. The maximum atomic E-state index is 13.2. The summed E-state index contributed by atoms with van der Waals surface area (Å²) in [4.78, 5) is 25.8. The quantitative estimate of drug-likeness (QED) is 0.855. The number of amides is 2. The summed E-state index contributed by atoms with van der Waals surface area (Å²) in [5.74, 6) is -3.08. The fourth-order valence-corrected chi connectivity index (χ4v) is 3.19. The molecule has 4 nitrogen and oxygen atoms in total. The molecule has 1 fully saturated rings. The fraction of sp³-hybridized carbons (Fsp3) is 0.300. The number of likely N-dealkylation sites (tertiary alicyclic amines) is 1. The first-order valence-electron chi connectivity index (χ1n) is 8.62. The zero-order valence-electron chi connectivity index (χ0n) is 14.3. The number of benzene rings is 2. The summed E-state index contributed by atoms with van der Waals surface area (Å²) in [6.07, 6.45) is 2.63. The number of halogens is 2. The van der Waals surface area contributed by atoms with Gasteiger partial charge >= 0.3 is 11.8 Å². The minimum atomic E-state index is -1.07. The van der Waals surface area contributed by atoms with Crippen molar-refractivity contribution in [3.63, 3.8) is 0 Å². The Hall–Kier alpha value is -2.76. The summed E-state index contributed by atoms with van der Waals surface area (Å²) in [6, 6.07) is 13.2. The zero-order valence-corrected chi connectivity index (χ0v) is 14.3. The monoisotopic (exact) mass is 358 g/mol. The van der Waals surface area contributed by atoms with Gasteiger partial charge in [0.25, 0.3) is 0 Å². The second-order valence-corrected chi connectivity index (χ2v) is 6.51. The first-order chi connectivity index (χ1) is 12.5. The molecule has 0 unspecified atom stereocenters. The first kappa shape index (κ1) is 18.0. The third kappa shape index (κ3) is 4.45. The molecule has 0 aliphatic carbocycles. The Balaban J connectivity index is 1.51. The molecule has 1 saturated heterocycles. The Morgan fingerprint density at radius 1 is 1.00 bits per heavy atom. The van der Waals surface area contributed by atoms with Gasteiger partial charge in [-0.05, 0) is 42.9 Å². The van der Waals surface area contributed by atoms with E-state index in [9.17, 15) is 18.4 Å². The minimum Gasteiger partial charge on any atom is -0.334 e. The number of carbonyl (C=O) groups excluding carboxylic acids is 2. The summed E-state index contributed by atoms with van der Waals surface area (Å²) in [5, 5.41) is 2.32. The summed E-state index contributed by atoms with van der Waals surface area (Å²) < 4.78 is 26.1. The molecule has 3 rings (SSSR count). The van der Waals surface area contributed by atoms with Crippen molar-refractivity contribution in [3.05, 3.63) is 65.7 Å². The van der Waals surface area contributed by atoms with Crippen molar-refractivity contribution >= 4 is 17.5 Å². The molecule has 1 aliphatic rings. The standard InChI is InChI=1S/C20H20F2N2O2/c21-17-7-6-16(13-18(17)22)23-19(25)20(26)24-10-8-15(9-11-24)12-14-4-2-1-3-5-14/h1-7,13,15H,8-12H2,(H,23,25). The number of nitrogens with one attached hydrogen (secondary N) is 1. The van der Waals surface area contributed by atoms with Crippen molar-refractivity contribution in [1.82, 2.24) is 4.90 Å². The van der Waals surface area contributed by atoms with Crippen LogP contribution in [0.2, 0.25) is 0 Å². The number of anilines is 1. The molecule has 136 valence electrons. The largest absolute Gasteiger partial charge is 0.334 e. The average molecular weight is 358 g/mol. The van der Waals surface area contributed by atoms with Gasteiger partial charge in [-0.1, -0.05) is 30.3 Å². The van der Waals surface area contributed by atoms with Crippen LogP contribution in [0.3, 0.4) is 0 Å².